The maximum Gasteiger partial charge on any atom is 0.329 e. The van der Waals surface area contributed by atoms with Gasteiger partial charge in [0.25, 0.3) is 5.56 Å². The van der Waals surface area contributed by atoms with E-state index >= 15 is 0 Å². The van der Waals surface area contributed by atoms with Crippen LogP contribution >= 0.6 is 11.3 Å². The quantitative estimate of drug-likeness (QED) is 0.863. The highest BCUT2D eigenvalue weighted by molar-refractivity contribution is 7.11. The summed E-state index contributed by atoms with van der Waals surface area (Å²) in [5, 5.41) is 0.676. The minimum absolute atomic E-state index is 0.0243. The fourth-order valence-electron chi connectivity index (χ4n) is 1.88. The van der Waals surface area contributed by atoms with E-state index in [0.29, 0.717) is 5.01 Å². The van der Waals surface area contributed by atoms with Gasteiger partial charge in [0, 0.05) is 17.3 Å². The zero-order valence-electron chi connectivity index (χ0n) is 11.5. The summed E-state index contributed by atoms with van der Waals surface area (Å²) in [6.07, 6.45) is 3.75. The lowest BCUT2D eigenvalue weighted by Gasteiger charge is -2.11. The molecule has 0 aromatic carbocycles. The lowest BCUT2D eigenvalue weighted by Crippen LogP contribution is -2.39. The highest BCUT2D eigenvalue weighted by Gasteiger charge is 2.19. The number of H-pyrrole nitrogens is 1. The van der Waals surface area contributed by atoms with E-state index in [1.165, 1.54) is 18.3 Å². The lowest BCUT2D eigenvalue weighted by atomic mass is 10.2. The number of carbonyl (C=O) groups is 1. The van der Waals surface area contributed by atoms with Crippen LogP contribution in [0.5, 0.6) is 0 Å². The van der Waals surface area contributed by atoms with E-state index in [4.69, 9.17) is 0 Å². The van der Waals surface area contributed by atoms with Crippen LogP contribution in [0.25, 0.3) is 0 Å². The van der Waals surface area contributed by atoms with Crippen LogP contribution in [0.3, 0.4) is 0 Å². The fourth-order valence-corrected chi connectivity index (χ4v) is 2.78. The molecule has 0 aliphatic carbocycles. The first-order chi connectivity index (χ1) is 9.45. The Hall–Kier alpha value is -2.02. The second-order valence-corrected chi connectivity index (χ2v) is 5.58. The fraction of sp³-hybridized carbons (Fsp3) is 0.385. The number of aromatic amines is 1. The molecule has 0 fully saturated rings. The number of nitrogens with one attached hydrogen (secondary N) is 1. The topological polar surface area (TPSA) is 84.8 Å². The van der Waals surface area contributed by atoms with Crippen LogP contribution in [-0.4, -0.2) is 20.3 Å². The van der Waals surface area contributed by atoms with Crippen molar-refractivity contribution in [1.29, 1.82) is 0 Å². The number of hydrogen-bond acceptors (Lipinski definition) is 5. The van der Waals surface area contributed by atoms with E-state index in [-0.39, 0.29) is 11.3 Å². The van der Waals surface area contributed by atoms with Gasteiger partial charge in [-0.1, -0.05) is 6.92 Å². The van der Waals surface area contributed by atoms with Gasteiger partial charge in [0.2, 0.25) is 0 Å². The van der Waals surface area contributed by atoms with Crippen LogP contribution in [0, 0.1) is 0 Å². The summed E-state index contributed by atoms with van der Waals surface area (Å²) in [5.41, 5.74) is -1.15. The molecular formula is C13H15N3O3S. The molecule has 2 aromatic rings. The molecule has 2 heterocycles. The van der Waals surface area contributed by atoms with Crippen LogP contribution in [0.1, 0.15) is 47.1 Å². The molecule has 1 unspecified atom stereocenters. The summed E-state index contributed by atoms with van der Waals surface area (Å²) in [4.78, 5) is 43.2. The van der Waals surface area contributed by atoms with Crippen molar-refractivity contribution in [3.8, 4) is 0 Å². The lowest BCUT2D eigenvalue weighted by molar-refractivity contribution is 0.101. The van der Waals surface area contributed by atoms with Gasteiger partial charge in [-0.2, -0.15) is 0 Å². The third-order valence-electron chi connectivity index (χ3n) is 3.05. The van der Waals surface area contributed by atoms with Crippen LogP contribution in [0.4, 0.5) is 0 Å². The van der Waals surface area contributed by atoms with Crippen molar-refractivity contribution in [3.63, 3.8) is 0 Å². The molecule has 1 N–H and O–H groups in total. The summed E-state index contributed by atoms with van der Waals surface area (Å²) in [5.74, 6) is -0.374. The summed E-state index contributed by atoms with van der Waals surface area (Å²) in [6.45, 7) is 5.03. The van der Waals surface area contributed by atoms with Gasteiger partial charge < -0.3 is 4.98 Å². The first-order valence-electron chi connectivity index (χ1n) is 6.25. The number of nitrogens with zero attached hydrogens (tertiary/aromatic N) is 2. The minimum atomic E-state index is -0.581. The van der Waals surface area contributed by atoms with Crippen LogP contribution in [0.15, 0.2) is 22.0 Å². The van der Waals surface area contributed by atoms with Crippen molar-refractivity contribution in [2.75, 3.05) is 0 Å². The molecule has 0 saturated carbocycles. The van der Waals surface area contributed by atoms with Crippen LogP contribution in [0.2, 0.25) is 0 Å². The van der Waals surface area contributed by atoms with Crippen molar-refractivity contribution in [1.82, 2.24) is 14.5 Å². The molecule has 0 radical (unpaired) electrons. The number of ketones is 1. The Morgan fingerprint density at radius 2 is 2.20 bits per heavy atom. The standard InChI is InChI=1S/C13H15N3O3S/c1-4-9-5-14-11(20-9)7(2)16-12(18)10(8(3)17)6-15-13(16)19/h5-7H,4H2,1-3H3,(H,15,19). The molecule has 0 bridgehead atoms. The molecule has 2 rings (SSSR count). The SMILES string of the molecule is CCc1cnc(C(C)n2c(=O)[nH]cc(C(C)=O)c2=O)s1. The van der Waals surface area contributed by atoms with Crippen molar-refractivity contribution in [3.05, 3.63) is 48.7 Å². The molecule has 106 valence electrons. The van der Waals surface area contributed by atoms with Gasteiger partial charge in [0.15, 0.2) is 5.78 Å². The van der Waals surface area contributed by atoms with Crippen molar-refractivity contribution >= 4 is 17.1 Å². The predicted octanol–water partition coefficient (Wildman–Crippen LogP) is 1.37. The number of Topliss-reactive ketones (excluding diaryl/α,β-unsaturated/α-hetero) is 1. The molecular weight excluding hydrogens is 278 g/mol. The molecule has 0 spiro atoms. The average Bonchev–Trinajstić information content (AvgIpc) is 2.86. The van der Waals surface area contributed by atoms with Crippen molar-refractivity contribution < 1.29 is 4.79 Å². The second-order valence-electron chi connectivity index (χ2n) is 4.43. The smallest absolute Gasteiger partial charge is 0.313 e. The Morgan fingerprint density at radius 1 is 1.50 bits per heavy atom. The largest absolute Gasteiger partial charge is 0.329 e. The number of rotatable bonds is 4. The number of thiazole rings is 1. The van der Waals surface area contributed by atoms with Gasteiger partial charge in [0.05, 0.1) is 11.6 Å². The number of aromatic nitrogens is 3. The minimum Gasteiger partial charge on any atom is -0.313 e. The van der Waals surface area contributed by atoms with Gasteiger partial charge in [0.1, 0.15) is 5.01 Å². The van der Waals surface area contributed by atoms with Crippen LogP contribution in [-0.2, 0) is 6.42 Å². The predicted molar refractivity (Wildman–Crippen MR) is 76.6 cm³/mol. The van der Waals surface area contributed by atoms with Gasteiger partial charge in [-0.05, 0) is 20.3 Å². The van der Waals surface area contributed by atoms with Gasteiger partial charge in [-0.15, -0.1) is 11.3 Å². The molecule has 2 aromatic heterocycles. The normalized spacial score (nSPS) is 12.3. The molecule has 7 heteroatoms. The third kappa shape index (κ3) is 2.49. The van der Waals surface area contributed by atoms with E-state index in [9.17, 15) is 14.4 Å². The Labute approximate surface area is 119 Å². The Morgan fingerprint density at radius 3 is 2.75 bits per heavy atom. The Kier molecular flexibility index (Phi) is 3.99. The summed E-state index contributed by atoms with van der Waals surface area (Å²) in [7, 11) is 0. The van der Waals surface area contributed by atoms with Gasteiger partial charge >= 0.3 is 5.69 Å². The number of aryl methyl sites for hydroxylation is 1. The van der Waals surface area contributed by atoms with Gasteiger partial charge in [-0.25, -0.2) is 9.78 Å². The van der Waals surface area contributed by atoms with E-state index in [1.807, 2.05) is 6.92 Å². The van der Waals surface area contributed by atoms with E-state index in [2.05, 4.69) is 9.97 Å². The molecule has 1 atom stereocenters. The summed E-state index contributed by atoms with van der Waals surface area (Å²) in [6, 6.07) is -0.504. The number of carbonyl (C=O) groups excluding carboxylic acids is 1. The maximum atomic E-state index is 12.2. The molecule has 0 saturated heterocycles. The maximum absolute atomic E-state index is 12.2. The van der Waals surface area contributed by atoms with Gasteiger partial charge in [-0.3, -0.25) is 14.2 Å². The highest BCUT2D eigenvalue weighted by atomic mass is 32.1. The van der Waals surface area contributed by atoms with E-state index in [0.717, 1.165) is 22.1 Å². The average molecular weight is 293 g/mol. The monoisotopic (exact) mass is 293 g/mol. The van der Waals surface area contributed by atoms with Crippen molar-refractivity contribution in [2.24, 2.45) is 0 Å². The zero-order chi connectivity index (χ0) is 14.9. The van der Waals surface area contributed by atoms with Crippen LogP contribution < -0.4 is 11.2 Å². The molecule has 0 amide bonds. The van der Waals surface area contributed by atoms with Crippen molar-refractivity contribution in [2.45, 2.75) is 33.2 Å². The summed E-state index contributed by atoms with van der Waals surface area (Å²) < 4.78 is 1.04. The Bertz CT molecular complexity index is 757. The first kappa shape index (κ1) is 14.4. The molecule has 20 heavy (non-hydrogen) atoms. The molecule has 0 aliphatic heterocycles. The Balaban J connectivity index is 2.57. The second kappa shape index (κ2) is 5.54. The van der Waals surface area contributed by atoms with E-state index < -0.39 is 17.3 Å². The number of hydrogen-bond donors (Lipinski definition) is 1. The molecule has 6 nitrogen and oxygen atoms in total. The van der Waals surface area contributed by atoms with E-state index in [1.54, 1.807) is 13.1 Å². The zero-order valence-corrected chi connectivity index (χ0v) is 12.3. The third-order valence-corrected chi connectivity index (χ3v) is 4.36. The molecule has 0 aliphatic rings. The first-order valence-corrected chi connectivity index (χ1v) is 7.07. The highest BCUT2D eigenvalue weighted by Crippen LogP contribution is 2.21. The summed E-state index contributed by atoms with van der Waals surface area (Å²) >= 11 is 1.46.